The van der Waals surface area contributed by atoms with Crippen LogP contribution in [0.5, 0.6) is 0 Å². The molecular formula is C14H24N2S2. The summed E-state index contributed by atoms with van der Waals surface area (Å²) in [5, 5.41) is 6.50. The molecule has 0 radical (unpaired) electrons. The van der Waals surface area contributed by atoms with Gasteiger partial charge in [0.05, 0.1) is 0 Å². The summed E-state index contributed by atoms with van der Waals surface area (Å²) in [4.78, 5) is 4.05. The number of hydrogen-bond acceptors (Lipinski definition) is 4. The zero-order valence-corrected chi connectivity index (χ0v) is 12.9. The van der Waals surface area contributed by atoms with Crippen LogP contribution in [0.3, 0.4) is 0 Å². The monoisotopic (exact) mass is 284 g/mol. The Morgan fingerprint density at radius 3 is 2.94 bits per heavy atom. The fourth-order valence-electron chi connectivity index (χ4n) is 2.28. The SMILES string of the molecule is CCN(CCSC1CCNCC1)Cc1cccs1. The van der Waals surface area contributed by atoms with Crippen molar-refractivity contribution in [1.29, 1.82) is 0 Å². The summed E-state index contributed by atoms with van der Waals surface area (Å²) < 4.78 is 0. The summed E-state index contributed by atoms with van der Waals surface area (Å²) in [5.74, 6) is 1.28. The van der Waals surface area contributed by atoms with E-state index in [0.29, 0.717) is 0 Å². The van der Waals surface area contributed by atoms with E-state index in [1.165, 1.54) is 43.1 Å². The largest absolute Gasteiger partial charge is 0.317 e. The lowest BCUT2D eigenvalue weighted by molar-refractivity contribution is 0.301. The summed E-state index contributed by atoms with van der Waals surface area (Å²) in [5.41, 5.74) is 0. The van der Waals surface area contributed by atoms with Gasteiger partial charge >= 0.3 is 0 Å². The van der Waals surface area contributed by atoms with Crippen LogP contribution in [-0.2, 0) is 6.54 Å². The van der Waals surface area contributed by atoms with Crippen molar-refractivity contribution < 1.29 is 0 Å². The summed E-state index contributed by atoms with van der Waals surface area (Å²) in [6.07, 6.45) is 2.70. The standard InChI is InChI=1S/C14H24N2S2/c1-2-16(12-14-4-3-10-17-14)9-11-18-13-5-7-15-8-6-13/h3-4,10,13,15H,2,5-9,11-12H2,1H3. The van der Waals surface area contributed by atoms with E-state index in [0.717, 1.165) is 18.3 Å². The molecule has 1 aliphatic heterocycles. The maximum Gasteiger partial charge on any atom is 0.0328 e. The van der Waals surface area contributed by atoms with Crippen LogP contribution in [0, 0.1) is 0 Å². The molecule has 102 valence electrons. The maximum atomic E-state index is 3.43. The van der Waals surface area contributed by atoms with Gasteiger partial charge in [-0.15, -0.1) is 11.3 Å². The van der Waals surface area contributed by atoms with Crippen LogP contribution in [-0.4, -0.2) is 42.1 Å². The summed E-state index contributed by atoms with van der Waals surface area (Å²) >= 11 is 4.05. The fourth-order valence-corrected chi connectivity index (χ4v) is 4.29. The zero-order chi connectivity index (χ0) is 12.6. The van der Waals surface area contributed by atoms with Crippen LogP contribution < -0.4 is 5.32 Å². The molecule has 0 spiro atoms. The van der Waals surface area contributed by atoms with Crippen molar-refractivity contribution in [3.8, 4) is 0 Å². The van der Waals surface area contributed by atoms with Crippen molar-refractivity contribution in [2.75, 3.05) is 31.9 Å². The third-order valence-corrected chi connectivity index (χ3v) is 5.68. The molecular weight excluding hydrogens is 260 g/mol. The van der Waals surface area contributed by atoms with Crippen LogP contribution in [0.25, 0.3) is 0 Å². The minimum absolute atomic E-state index is 0.895. The molecule has 0 unspecified atom stereocenters. The maximum absolute atomic E-state index is 3.43. The highest BCUT2D eigenvalue weighted by Gasteiger charge is 2.13. The highest BCUT2D eigenvalue weighted by atomic mass is 32.2. The van der Waals surface area contributed by atoms with Gasteiger partial charge in [0.15, 0.2) is 0 Å². The molecule has 0 atom stereocenters. The first-order valence-electron chi connectivity index (χ1n) is 6.95. The van der Waals surface area contributed by atoms with E-state index in [-0.39, 0.29) is 0 Å². The molecule has 0 saturated carbocycles. The average Bonchev–Trinajstić information content (AvgIpc) is 2.92. The topological polar surface area (TPSA) is 15.3 Å². The van der Waals surface area contributed by atoms with E-state index in [9.17, 15) is 0 Å². The predicted octanol–water partition coefficient (Wildman–Crippen LogP) is 3.06. The molecule has 0 amide bonds. The third-order valence-electron chi connectivity index (χ3n) is 3.45. The average molecular weight is 284 g/mol. The number of rotatable bonds is 7. The van der Waals surface area contributed by atoms with Gasteiger partial charge in [-0.2, -0.15) is 11.8 Å². The Hall–Kier alpha value is -0.0300. The van der Waals surface area contributed by atoms with Gasteiger partial charge in [-0.25, -0.2) is 0 Å². The number of thioether (sulfide) groups is 1. The second kappa shape index (κ2) is 8.20. The van der Waals surface area contributed by atoms with Gasteiger partial charge in [0.1, 0.15) is 0 Å². The molecule has 1 aromatic rings. The minimum atomic E-state index is 0.895. The molecule has 0 bridgehead atoms. The lowest BCUT2D eigenvalue weighted by atomic mass is 10.2. The van der Waals surface area contributed by atoms with Crippen molar-refractivity contribution in [3.63, 3.8) is 0 Å². The van der Waals surface area contributed by atoms with E-state index < -0.39 is 0 Å². The first-order valence-corrected chi connectivity index (χ1v) is 8.88. The lowest BCUT2D eigenvalue weighted by Gasteiger charge is -2.24. The quantitative estimate of drug-likeness (QED) is 0.828. The van der Waals surface area contributed by atoms with Crippen molar-refractivity contribution >= 4 is 23.1 Å². The normalized spacial score (nSPS) is 17.4. The molecule has 1 aliphatic rings. The fraction of sp³-hybridized carbons (Fsp3) is 0.714. The Labute approximate surface area is 119 Å². The number of nitrogens with zero attached hydrogens (tertiary/aromatic N) is 1. The van der Waals surface area contributed by atoms with Gasteiger partial charge < -0.3 is 5.32 Å². The van der Waals surface area contributed by atoms with E-state index >= 15 is 0 Å². The molecule has 2 rings (SSSR count). The lowest BCUT2D eigenvalue weighted by Crippen LogP contribution is -2.30. The molecule has 0 aromatic carbocycles. The summed E-state index contributed by atoms with van der Waals surface area (Å²) in [6, 6.07) is 4.39. The minimum Gasteiger partial charge on any atom is -0.317 e. The summed E-state index contributed by atoms with van der Waals surface area (Å²) in [6.45, 7) is 8.20. The van der Waals surface area contributed by atoms with Crippen LogP contribution >= 0.6 is 23.1 Å². The molecule has 4 heteroatoms. The van der Waals surface area contributed by atoms with E-state index in [1.807, 2.05) is 11.3 Å². The van der Waals surface area contributed by atoms with Gasteiger partial charge in [0, 0.05) is 29.0 Å². The van der Waals surface area contributed by atoms with Crippen LogP contribution in [0.1, 0.15) is 24.6 Å². The molecule has 18 heavy (non-hydrogen) atoms. The van der Waals surface area contributed by atoms with E-state index in [1.54, 1.807) is 0 Å². The summed E-state index contributed by atoms with van der Waals surface area (Å²) in [7, 11) is 0. The second-order valence-corrected chi connectivity index (χ2v) is 7.21. The molecule has 2 heterocycles. The van der Waals surface area contributed by atoms with Crippen molar-refractivity contribution in [1.82, 2.24) is 10.2 Å². The Morgan fingerprint density at radius 1 is 1.44 bits per heavy atom. The molecule has 1 aromatic heterocycles. The van der Waals surface area contributed by atoms with Gasteiger partial charge in [0.25, 0.3) is 0 Å². The van der Waals surface area contributed by atoms with E-state index in [4.69, 9.17) is 0 Å². The Morgan fingerprint density at radius 2 is 2.28 bits per heavy atom. The number of thiophene rings is 1. The number of hydrogen-bond donors (Lipinski definition) is 1. The van der Waals surface area contributed by atoms with Crippen molar-refractivity contribution in [3.05, 3.63) is 22.4 Å². The predicted molar refractivity (Wildman–Crippen MR) is 83.6 cm³/mol. The van der Waals surface area contributed by atoms with Gasteiger partial charge in [-0.05, 0) is 43.9 Å². The van der Waals surface area contributed by atoms with Crippen molar-refractivity contribution in [2.45, 2.75) is 31.6 Å². The highest BCUT2D eigenvalue weighted by molar-refractivity contribution is 7.99. The van der Waals surface area contributed by atoms with E-state index in [2.05, 4.69) is 46.4 Å². The Kier molecular flexibility index (Phi) is 6.55. The first kappa shape index (κ1) is 14.4. The van der Waals surface area contributed by atoms with Gasteiger partial charge in [-0.3, -0.25) is 4.90 Å². The third kappa shape index (κ3) is 4.92. The smallest absolute Gasteiger partial charge is 0.0328 e. The molecule has 1 N–H and O–H groups in total. The molecule has 1 saturated heterocycles. The van der Waals surface area contributed by atoms with Crippen LogP contribution in [0.4, 0.5) is 0 Å². The first-order chi connectivity index (χ1) is 8.88. The Balaban J connectivity index is 1.64. The van der Waals surface area contributed by atoms with Gasteiger partial charge in [-0.1, -0.05) is 13.0 Å². The van der Waals surface area contributed by atoms with Crippen molar-refractivity contribution in [2.24, 2.45) is 0 Å². The highest BCUT2D eigenvalue weighted by Crippen LogP contribution is 2.20. The Bertz CT molecular complexity index is 308. The number of piperidine rings is 1. The molecule has 0 aliphatic carbocycles. The van der Waals surface area contributed by atoms with Gasteiger partial charge in [0.2, 0.25) is 0 Å². The molecule has 2 nitrogen and oxygen atoms in total. The second-order valence-electron chi connectivity index (χ2n) is 4.77. The van der Waals surface area contributed by atoms with Crippen LogP contribution in [0.15, 0.2) is 17.5 Å². The number of nitrogens with one attached hydrogen (secondary N) is 1. The molecule has 1 fully saturated rings. The zero-order valence-electron chi connectivity index (χ0n) is 11.2. The van der Waals surface area contributed by atoms with Crippen LogP contribution in [0.2, 0.25) is 0 Å².